The summed E-state index contributed by atoms with van der Waals surface area (Å²) in [6.07, 6.45) is 0. The zero-order valence-electron chi connectivity index (χ0n) is 15.6. The Morgan fingerprint density at radius 2 is 2.00 bits per heavy atom. The first-order valence-electron chi connectivity index (χ1n) is 8.82. The van der Waals surface area contributed by atoms with Crippen LogP contribution in [0.4, 0.5) is 14.5 Å². The molecule has 4 aromatic rings. The molecule has 1 N–H and O–H groups in total. The van der Waals surface area contributed by atoms with Crippen molar-refractivity contribution in [1.82, 2.24) is 9.97 Å². The van der Waals surface area contributed by atoms with E-state index in [1.54, 1.807) is 12.4 Å². The van der Waals surface area contributed by atoms with E-state index in [0.717, 1.165) is 0 Å². The highest BCUT2D eigenvalue weighted by Gasteiger charge is 2.23. The van der Waals surface area contributed by atoms with Crippen LogP contribution in [0.2, 0.25) is 5.02 Å². The van der Waals surface area contributed by atoms with E-state index in [9.17, 15) is 18.4 Å². The second kappa shape index (κ2) is 7.97. The molecule has 0 aliphatic rings. The third-order valence-electron chi connectivity index (χ3n) is 4.62. The third kappa shape index (κ3) is 3.83. The van der Waals surface area contributed by atoms with Gasteiger partial charge in [-0.25, -0.2) is 13.8 Å². The number of rotatable bonds is 4. The fourth-order valence-electron chi connectivity index (χ4n) is 3.17. The molecular weight excluding hydrogens is 432 g/mol. The maximum atomic E-state index is 13.7. The van der Waals surface area contributed by atoms with Gasteiger partial charge in [0.1, 0.15) is 16.5 Å². The van der Waals surface area contributed by atoms with Crippen molar-refractivity contribution in [1.29, 1.82) is 0 Å². The van der Waals surface area contributed by atoms with Crippen LogP contribution in [0.25, 0.3) is 10.9 Å². The topological polar surface area (TPSA) is 66.1 Å². The number of thiazole rings is 1. The summed E-state index contributed by atoms with van der Waals surface area (Å²) in [4.78, 5) is 33.9. The summed E-state index contributed by atoms with van der Waals surface area (Å²) in [5.74, 6) is -1.47. The number of aryl methyl sites for hydroxylation is 1. The highest BCUT2D eigenvalue weighted by molar-refractivity contribution is 7.12. The van der Waals surface area contributed by atoms with Crippen LogP contribution in [-0.2, 0) is 6.54 Å². The molecule has 0 unspecified atom stereocenters. The lowest BCUT2D eigenvalue weighted by Crippen LogP contribution is -2.31. The Hall–Kier alpha value is -3.10. The van der Waals surface area contributed by atoms with Crippen molar-refractivity contribution in [3.8, 4) is 0 Å². The lowest BCUT2D eigenvalue weighted by atomic mass is 10.1. The molecule has 30 heavy (non-hydrogen) atoms. The number of hydrogen-bond acceptors (Lipinski definition) is 4. The van der Waals surface area contributed by atoms with E-state index in [0.29, 0.717) is 32.7 Å². The first kappa shape index (κ1) is 20.2. The fourth-order valence-corrected chi connectivity index (χ4v) is 4.09. The van der Waals surface area contributed by atoms with Crippen LogP contribution in [0, 0.1) is 18.6 Å². The van der Waals surface area contributed by atoms with Crippen molar-refractivity contribution in [2.45, 2.75) is 13.5 Å². The molecule has 0 aliphatic heterocycles. The highest BCUT2D eigenvalue weighted by atomic mass is 35.5. The fraction of sp³-hybridized carbons (Fsp3) is 0.0952. The number of anilines is 1. The Bertz CT molecular complexity index is 1340. The minimum atomic E-state index is -0.612. The van der Waals surface area contributed by atoms with E-state index in [1.165, 1.54) is 58.7 Å². The number of fused-ring (bicyclic) bond motifs is 1. The molecule has 152 valence electrons. The summed E-state index contributed by atoms with van der Waals surface area (Å²) in [7, 11) is 0. The number of halogens is 3. The average molecular weight is 446 g/mol. The Labute approximate surface area is 178 Å². The number of pyridine rings is 1. The van der Waals surface area contributed by atoms with Gasteiger partial charge in [0.25, 0.3) is 5.91 Å². The summed E-state index contributed by atoms with van der Waals surface area (Å²) in [6.45, 7) is 1.70. The van der Waals surface area contributed by atoms with E-state index in [1.807, 2.05) is 0 Å². The van der Waals surface area contributed by atoms with Gasteiger partial charge in [0, 0.05) is 17.1 Å². The molecule has 0 spiro atoms. The second-order valence-corrected chi connectivity index (χ2v) is 7.87. The number of aromatic amines is 1. The first-order chi connectivity index (χ1) is 14.3. The summed E-state index contributed by atoms with van der Waals surface area (Å²) in [5.41, 5.74) is 2.86. The van der Waals surface area contributed by atoms with Crippen LogP contribution < -0.4 is 10.5 Å². The number of hydrogen-bond donors (Lipinski definition) is 1. The van der Waals surface area contributed by atoms with E-state index in [-0.39, 0.29) is 17.5 Å². The largest absolute Gasteiger partial charge is 0.322 e. The molecule has 1 amide bonds. The quantitative estimate of drug-likeness (QED) is 0.477. The minimum absolute atomic E-state index is 0.00974. The SMILES string of the molecule is Cc1ncsc1C(=O)N(Cc1cc(=O)[nH]c2cc(F)ccc12)c1ccc(F)c(Cl)c1. The number of H-pyrrole nitrogens is 1. The van der Waals surface area contributed by atoms with Gasteiger partial charge in [-0.05, 0) is 48.9 Å². The minimum Gasteiger partial charge on any atom is -0.322 e. The molecule has 4 rings (SSSR count). The maximum absolute atomic E-state index is 13.7. The summed E-state index contributed by atoms with van der Waals surface area (Å²) < 4.78 is 27.3. The second-order valence-electron chi connectivity index (χ2n) is 6.61. The molecule has 2 heterocycles. The lowest BCUT2D eigenvalue weighted by molar-refractivity contribution is 0.0988. The lowest BCUT2D eigenvalue weighted by Gasteiger charge is -2.23. The van der Waals surface area contributed by atoms with Gasteiger partial charge >= 0.3 is 0 Å². The van der Waals surface area contributed by atoms with Gasteiger partial charge in [-0.2, -0.15) is 0 Å². The van der Waals surface area contributed by atoms with Crippen LogP contribution in [-0.4, -0.2) is 15.9 Å². The van der Waals surface area contributed by atoms with E-state index < -0.39 is 17.2 Å². The number of carbonyl (C=O) groups is 1. The van der Waals surface area contributed by atoms with Gasteiger partial charge in [0.2, 0.25) is 5.56 Å². The predicted octanol–water partition coefficient (Wildman–Crippen LogP) is 5.07. The Balaban J connectivity index is 1.86. The van der Waals surface area contributed by atoms with E-state index >= 15 is 0 Å². The molecule has 5 nitrogen and oxygen atoms in total. The molecule has 2 aromatic carbocycles. The summed E-state index contributed by atoms with van der Waals surface area (Å²) in [6, 6.07) is 9.33. The first-order valence-corrected chi connectivity index (χ1v) is 10.1. The van der Waals surface area contributed by atoms with Crippen molar-refractivity contribution in [3.63, 3.8) is 0 Å². The van der Waals surface area contributed by atoms with Crippen molar-refractivity contribution in [2.24, 2.45) is 0 Å². The zero-order chi connectivity index (χ0) is 21.4. The van der Waals surface area contributed by atoms with Gasteiger partial charge in [-0.3, -0.25) is 9.59 Å². The predicted molar refractivity (Wildman–Crippen MR) is 113 cm³/mol. The normalized spacial score (nSPS) is 11.1. The molecule has 0 saturated carbocycles. The third-order valence-corrected chi connectivity index (χ3v) is 5.83. The zero-order valence-corrected chi connectivity index (χ0v) is 17.2. The molecule has 9 heteroatoms. The van der Waals surface area contributed by atoms with Crippen molar-refractivity contribution in [3.05, 3.63) is 91.1 Å². The monoisotopic (exact) mass is 445 g/mol. The molecule has 2 aromatic heterocycles. The van der Waals surface area contributed by atoms with Gasteiger partial charge in [0.05, 0.1) is 28.3 Å². The molecule has 0 aliphatic carbocycles. The highest BCUT2D eigenvalue weighted by Crippen LogP contribution is 2.28. The number of nitrogens with zero attached hydrogens (tertiary/aromatic N) is 2. The Morgan fingerprint density at radius 3 is 2.70 bits per heavy atom. The van der Waals surface area contributed by atoms with Gasteiger partial charge in [-0.15, -0.1) is 11.3 Å². The van der Waals surface area contributed by atoms with Crippen LogP contribution in [0.3, 0.4) is 0 Å². The van der Waals surface area contributed by atoms with E-state index in [4.69, 9.17) is 11.6 Å². The van der Waals surface area contributed by atoms with Crippen LogP contribution in [0.15, 0.2) is 52.8 Å². The van der Waals surface area contributed by atoms with Gasteiger partial charge in [-0.1, -0.05) is 11.6 Å². The molecule has 0 fully saturated rings. The number of aromatic nitrogens is 2. The number of carbonyl (C=O) groups excluding carboxylic acids is 1. The Morgan fingerprint density at radius 1 is 1.20 bits per heavy atom. The van der Waals surface area contributed by atoms with Crippen molar-refractivity contribution < 1.29 is 13.6 Å². The summed E-state index contributed by atoms with van der Waals surface area (Å²) >= 11 is 7.12. The smallest absolute Gasteiger partial charge is 0.270 e. The number of benzene rings is 2. The molecule has 0 atom stereocenters. The standard InChI is InChI=1S/C21H14ClF2N3O2S/c1-11-20(30-10-25-11)21(29)27(14-3-5-17(24)16(22)8-14)9-12-6-19(28)26-18-7-13(23)2-4-15(12)18/h2-8,10H,9H2,1H3,(H,26,28). The van der Waals surface area contributed by atoms with E-state index in [2.05, 4.69) is 9.97 Å². The van der Waals surface area contributed by atoms with Gasteiger partial charge in [0.15, 0.2) is 0 Å². The van der Waals surface area contributed by atoms with Crippen LogP contribution >= 0.6 is 22.9 Å². The molecule has 0 radical (unpaired) electrons. The Kier molecular flexibility index (Phi) is 5.36. The molecule has 0 saturated heterocycles. The van der Waals surface area contributed by atoms with Crippen molar-refractivity contribution >= 4 is 45.4 Å². The summed E-state index contributed by atoms with van der Waals surface area (Å²) in [5, 5.41) is 0.451. The van der Waals surface area contributed by atoms with Crippen LogP contribution in [0.1, 0.15) is 20.9 Å². The maximum Gasteiger partial charge on any atom is 0.270 e. The molecule has 0 bridgehead atoms. The average Bonchev–Trinajstić information content (AvgIpc) is 3.13. The number of nitrogens with one attached hydrogen (secondary N) is 1. The molecular formula is C21H14ClF2N3O2S. The van der Waals surface area contributed by atoms with Crippen molar-refractivity contribution in [2.75, 3.05) is 4.90 Å². The van der Waals surface area contributed by atoms with Crippen LogP contribution in [0.5, 0.6) is 0 Å². The number of amides is 1. The van der Waals surface area contributed by atoms with Gasteiger partial charge < -0.3 is 9.88 Å².